The molecule has 0 amide bonds. The second-order valence-electron chi connectivity index (χ2n) is 7.63. The smallest absolute Gasteiger partial charge is 0.122 e. The highest BCUT2D eigenvalue weighted by molar-refractivity contribution is 7.99. The van der Waals surface area contributed by atoms with Crippen LogP contribution in [0.25, 0.3) is 0 Å². The number of benzene rings is 1. The van der Waals surface area contributed by atoms with Crippen LogP contribution < -0.4 is 4.74 Å². The highest BCUT2D eigenvalue weighted by Gasteiger charge is 2.24. The Morgan fingerprint density at radius 2 is 1.84 bits per heavy atom. The van der Waals surface area contributed by atoms with E-state index >= 15 is 0 Å². The van der Waals surface area contributed by atoms with Gasteiger partial charge in [0.2, 0.25) is 0 Å². The van der Waals surface area contributed by atoms with Gasteiger partial charge >= 0.3 is 0 Å². The average Bonchev–Trinajstić information content (AvgIpc) is 2.68. The molecule has 3 nitrogen and oxygen atoms in total. The van der Waals surface area contributed by atoms with E-state index in [0.717, 1.165) is 30.7 Å². The maximum atomic E-state index is 5.48. The van der Waals surface area contributed by atoms with E-state index in [-0.39, 0.29) is 0 Å². The molecule has 0 atom stereocenters. The molecule has 25 heavy (non-hydrogen) atoms. The first-order valence-electron chi connectivity index (χ1n) is 9.88. The van der Waals surface area contributed by atoms with Gasteiger partial charge in [-0.25, -0.2) is 0 Å². The maximum absolute atomic E-state index is 5.48. The molecule has 0 aromatic heterocycles. The molecule has 0 aliphatic carbocycles. The second-order valence-corrected chi connectivity index (χ2v) is 8.85. The summed E-state index contributed by atoms with van der Waals surface area (Å²) in [6.45, 7) is 4.97. The molecule has 0 bridgehead atoms. The fraction of sp³-hybridized carbons (Fsp3) is 0.714. The van der Waals surface area contributed by atoms with E-state index in [0.29, 0.717) is 0 Å². The van der Waals surface area contributed by atoms with Crippen LogP contribution in [0.15, 0.2) is 24.3 Å². The third-order valence-electron chi connectivity index (χ3n) is 5.96. The summed E-state index contributed by atoms with van der Waals surface area (Å²) >= 11 is 2.13. The Morgan fingerprint density at radius 3 is 2.56 bits per heavy atom. The predicted molar refractivity (Wildman–Crippen MR) is 109 cm³/mol. The molecule has 140 valence electrons. The zero-order chi connectivity index (χ0) is 17.5. The second kappa shape index (κ2) is 9.84. The summed E-state index contributed by atoms with van der Waals surface area (Å²) in [4.78, 5) is 5.30. The number of nitrogens with zero attached hydrogens (tertiary/aromatic N) is 2. The minimum Gasteiger partial charge on any atom is -0.496 e. The summed E-state index contributed by atoms with van der Waals surface area (Å²) in [5.74, 6) is 4.64. The molecule has 2 heterocycles. The number of hydrogen-bond donors (Lipinski definition) is 0. The number of piperidine rings is 1. The Labute approximate surface area is 158 Å². The van der Waals surface area contributed by atoms with Crippen LogP contribution in [0.2, 0.25) is 0 Å². The van der Waals surface area contributed by atoms with Crippen molar-refractivity contribution < 1.29 is 4.74 Å². The van der Waals surface area contributed by atoms with E-state index in [2.05, 4.69) is 52.9 Å². The van der Waals surface area contributed by atoms with E-state index in [1.54, 1.807) is 7.11 Å². The predicted octanol–water partition coefficient (Wildman–Crippen LogP) is 3.78. The number of hydrogen-bond acceptors (Lipinski definition) is 4. The number of ether oxygens (including phenoxy) is 1. The van der Waals surface area contributed by atoms with Crippen LogP contribution in [0.3, 0.4) is 0 Å². The van der Waals surface area contributed by atoms with Crippen molar-refractivity contribution in [1.82, 2.24) is 9.80 Å². The summed E-state index contributed by atoms with van der Waals surface area (Å²) in [6, 6.07) is 9.27. The molecule has 2 saturated heterocycles. The maximum Gasteiger partial charge on any atom is 0.122 e. The van der Waals surface area contributed by atoms with E-state index < -0.39 is 0 Å². The fourth-order valence-electron chi connectivity index (χ4n) is 4.26. The molecular formula is C21H34N2OS. The van der Waals surface area contributed by atoms with Crippen molar-refractivity contribution >= 4 is 11.8 Å². The topological polar surface area (TPSA) is 15.7 Å². The van der Waals surface area contributed by atoms with Crippen molar-refractivity contribution in [2.75, 3.05) is 51.8 Å². The van der Waals surface area contributed by atoms with Crippen molar-refractivity contribution in [2.45, 2.75) is 38.1 Å². The van der Waals surface area contributed by atoms with Crippen LogP contribution in [-0.4, -0.2) is 67.7 Å². The Balaban J connectivity index is 1.38. The number of methoxy groups -OCH3 is 1. The van der Waals surface area contributed by atoms with Crippen molar-refractivity contribution in [2.24, 2.45) is 5.92 Å². The van der Waals surface area contributed by atoms with Gasteiger partial charge in [-0.2, -0.15) is 11.8 Å². The number of rotatable bonds is 7. The molecule has 3 rings (SSSR count). The average molecular weight is 363 g/mol. The zero-order valence-corrected chi connectivity index (χ0v) is 16.8. The van der Waals surface area contributed by atoms with Gasteiger partial charge in [0.1, 0.15) is 5.75 Å². The molecule has 2 fully saturated rings. The first-order chi connectivity index (χ1) is 12.3. The molecule has 2 aliphatic rings. The quantitative estimate of drug-likeness (QED) is 0.733. The fourth-order valence-corrected chi connectivity index (χ4v) is 5.34. The summed E-state index contributed by atoms with van der Waals surface area (Å²) in [6.07, 6.45) is 6.58. The van der Waals surface area contributed by atoms with Crippen molar-refractivity contribution in [1.29, 1.82) is 0 Å². The van der Waals surface area contributed by atoms with Gasteiger partial charge in [-0.1, -0.05) is 18.2 Å². The summed E-state index contributed by atoms with van der Waals surface area (Å²) in [7, 11) is 4.13. The molecule has 0 unspecified atom stereocenters. The number of thioether (sulfide) groups is 1. The number of para-hydroxylation sites is 1. The van der Waals surface area contributed by atoms with E-state index in [1.807, 2.05) is 0 Å². The molecule has 0 radical (unpaired) electrons. The molecule has 2 aliphatic heterocycles. The molecular weight excluding hydrogens is 328 g/mol. The van der Waals surface area contributed by atoms with Crippen LogP contribution in [-0.2, 0) is 6.42 Å². The molecule has 0 saturated carbocycles. The molecule has 0 spiro atoms. The largest absolute Gasteiger partial charge is 0.496 e. The molecule has 4 heteroatoms. The minimum atomic E-state index is 0.838. The third-order valence-corrected chi connectivity index (χ3v) is 7.01. The Hall–Kier alpha value is -0.710. The summed E-state index contributed by atoms with van der Waals surface area (Å²) in [5, 5.41) is 0. The Kier molecular flexibility index (Phi) is 7.50. The van der Waals surface area contributed by atoms with Gasteiger partial charge in [-0.05, 0) is 81.3 Å². The minimum absolute atomic E-state index is 0.838. The standard InChI is InChI=1S/C21H34N2OS/c1-22(20-10-15-25-16-11-20)17-18-7-12-23(13-8-18)14-9-19-5-3-4-6-21(19)24-2/h3-6,18,20H,7-17H2,1-2H3. The highest BCUT2D eigenvalue weighted by atomic mass is 32.2. The first-order valence-corrected chi connectivity index (χ1v) is 11.0. The van der Waals surface area contributed by atoms with Gasteiger partial charge < -0.3 is 14.5 Å². The van der Waals surface area contributed by atoms with E-state index in [4.69, 9.17) is 4.74 Å². The van der Waals surface area contributed by atoms with E-state index in [9.17, 15) is 0 Å². The first kappa shape index (κ1) is 19.1. The van der Waals surface area contributed by atoms with Gasteiger partial charge in [0.05, 0.1) is 7.11 Å². The van der Waals surface area contributed by atoms with E-state index in [1.165, 1.54) is 62.4 Å². The van der Waals surface area contributed by atoms with Crippen molar-refractivity contribution in [3.63, 3.8) is 0 Å². The lowest BCUT2D eigenvalue weighted by Gasteiger charge is -2.37. The van der Waals surface area contributed by atoms with Crippen molar-refractivity contribution in [3.8, 4) is 5.75 Å². The summed E-state index contributed by atoms with van der Waals surface area (Å²) < 4.78 is 5.48. The Bertz CT molecular complexity index is 510. The number of likely N-dealkylation sites (tertiary alicyclic amines) is 1. The highest BCUT2D eigenvalue weighted by Crippen LogP contribution is 2.25. The van der Waals surface area contributed by atoms with Gasteiger partial charge in [-0.3, -0.25) is 0 Å². The molecule has 1 aromatic carbocycles. The van der Waals surface area contributed by atoms with Gasteiger partial charge in [0, 0.05) is 19.1 Å². The van der Waals surface area contributed by atoms with Crippen LogP contribution >= 0.6 is 11.8 Å². The van der Waals surface area contributed by atoms with Crippen LogP contribution in [0.1, 0.15) is 31.2 Å². The lowest BCUT2D eigenvalue weighted by molar-refractivity contribution is 0.132. The monoisotopic (exact) mass is 362 g/mol. The lowest BCUT2D eigenvalue weighted by Crippen LogP contribution is -2.42. The SMILES string of the molecule is COc1ccccc1CCN1CCC(CN(C)C2CCSCC2)CC1. The zero-order valence-electron chi connectivity index (χ0n) is 16.0. The van der Waals surface area contributed by atoms with Crippen LogP contribution in [0.5, 0.6) is 5.75 Å². The summed E-state index contributed by atoms with van der Waals surface area (Å²) in [5.41, 5.74) is 1.34. The molecule has 1 aromatic rings. The Morgan fingerprint density at radius 1 is 1.12 bits per heavy atom. The van der Waals surface area contributed by atoms with Crippen molar-refractivity contribution in [3.05, 3.63) is 29.8 Å². The van der Waals surface area contributed by atoms with Gasteiger partial charge in [-0.15, -0.1) is 0 Å². The molecule has 0 N–H and O–H groups in total. The third kappa shape index (κ3) is 5.63. The van der Waals surface area contributed by atoms with Gasteiger partial charge in [0.15, 0.2) is 0 Å². The lowest BCUT2D eigenvalue weighted by atomic mass is 9.95. The van der Waals surface area contributed by atoms with Crippen LogP contribution in [0.4, 0.5) is 0 Å². The van der Waals surface area contributed by atoms with Crippen LogP contribution in [0, 0.1) is 5.92 Å². The normalized spacial score (nSPS) is 20.9. The van der Waals surface area contributed by atoms with Gasteiger partial charge in [0.25, 0.3) is 0 Å².